The number of hydrogen-bond acceptors (Lipinski definition) is 2. The molecule has 59 valence electrons. The Hall–Kier alpha value is -1.64. The normalized spacial score (nSPS) is 10.1. The monoisotopic (exact) mass is 158 g/mol. The molecule has 0 N–H and O–H groups in total. The van der Waals surface area contributed by atoms with E-state index >= 15 is 0 Å². The van der Waals surface area contributed by atoms with Gasteiger partial charge in [-0.25, -0.2) is 4.68 Å². The maximum absolute atomic E-state index is 3.90. The zero-order chi connectivity index (χ0) is 8.39. The summed E-state index contributed by atoms with van der Waals surface area (Å²) in [5.74, 6) is 0. The molecule has 0 aliphatic heterocycles. The molecule has 0 saturated carbocycles. The van der Waals surface area contributed by atoms with Crippen molar-refractivity contribution >= 4 is 0 Å². The summed E-state index contributed by atoms with van der Waals surface area (Å²) in [6.45, 7) is 1.87. The first-order valence-corrected chi connectivity index (χ1v) is 3.73. The van der Waals surface area contributed by atoms with Crippen LogP contribution < -0.4 is 0 Å². The van der Waals surface area contributed by atoms with Crippen LogP contribution in [0.2, 0.25) is 0 Å². The lowest BCUT2D eigenvalue weighted by Gasteiger charge is -1.95. The van der Waals surface area contributed by atoms with Crippen molar-refractivity contribution in [3.63, 3.8) is 0 Å². The standard InChI is InChI=1S/C9H8N3/c1-8-7-12(11-10-8)9-5-3-2-4-6-9/h2-6H,1H3. The molecule has 0 saturated heterocycles. The molecule has 0 atom stereocenters. The fourth-order valence-electron chi connectivity index (χ4n) is 0.995. The Kier molecular flexibility index (Phi) is 1.63. The van der Waals surface area contributed by atoms with Crippen LogP contribution >= 0.6 is 0 Å². The lowest BCUT2D eigenvalue weighted by molar-refractivity contribution is 0.797. The van der Waals surface area contributed by atoms with Crippen LogP contribution in [0.1, 0.15) is 5.69 Å². The van der Waals surface area contributed by atoms with Crippen LogP contribution in [0.4, 0.5) is 0 Å². The summed E-state index contributed by atoms with van der Waals surface area (Å²) in [4.78, 5) is 0. The predicted molar refractivity (Wildman–Crippen MR) is 44.9 cm³/mol. The SMILES string of the molecule is Cc1[c]n(-c2ccccc2)nn1. The minimum absolute atomic E-state index is 0.804. The first-order valence-electron chi connectivity index (χ1n) is 3.73. The van der Waals surface area contributed by atoms with Crippen molar-refractivity contribution in [1.29, 1.82) is 0 Å². The van der Waals surface area contributed by atoms with Crippen LogP contribution in [0.3, 0.4) is 0 Å². The van der Waals surface area contributed by atoms with E-state index in [1.807, 2.05) is 37.3 Å². The highest BCUT2D eigenvalue weighted by molar-refractivity contribution is 5.29. The topological polar surface area (TPSA) is 30.7 Å². The highest BCUT2D eigenvalue weighted by Crippen LogP contribution is 2.03. The van der Waals surface area contributed by atoms with Gasteiger partial charge in [-0.1, -0.05) is 23.4 Å². The van der Waals surface area contributed by atoms with Crippen LogP contribution in [0.5, 0.6) is 0 Å². The molecule has 0 fully saturated rings. The number of rotatable bonds is 1. The van der Waals surface area contributed by atoms with Gasteiger partial charge in [-0.2, -0.15) is 0 Å². The summed E-state index contributed by atoms with van der Waals surface area (Å²) >= 11 is 0. The fraction of sp³-hybridized carbons (Fsp3) is 0.111. The van der Waals surface area contributed by atoms with E-state index in [-0.39, 0.29) is 0 Å². The molecule has 12 heavy (non-hydrogen) atoms. The van der Waals surface area contributed by atoms with Gasteiger partial charge in [0.1, 0.15) is 6.20 Å². The molecule has 3 heteroatoms. The van der Waals surface area contributed by atoms with Gasteiger partial charge in [-0.3, -0.25) is 0 Å². The Morgan fingerprint density at radius 1 is 1.25 bits per heavy atom. The van der Waals surface area contributed by atoms with Gasteiger partial charge in [-0.15, -0.1) is 5.10 Å². The summed E-state index contributed by atoms with van der Waals surface area (Å²) in [7, 11) is 0. The molecule has 2 rings (SSSR count). The first kappa shape index (κ1) is 7.03. The van der Waals surface area contributed by atoms with Crippen LogP contribution in [-0.2, 0) is 0 Å². The van der Waals surface area contributed by atoms with Crippen LogP contribution in [0.25, 0.3) is 5.69 Å². The van der Waals surface area contributed by atoms with E-state index in [4.69, 9.17) is 0 Å². The van der Waals surface area contributed by atoms with Crippen molar-refractivity contribution in [3.8, 4) is 5.69 Å². The van der Waals surface area contributed by atoms with Crippen molar-refractivity contribution in [2.75, 3.05) is 0 Å². The molecule has 0 aliphatic rings. The molecule has 1 radical (unpaired) electrons. The Labute approximate surface area is 70.6 Å². The molecule has 1 aromatic carbocycles. The van der Waals surface area contributed by atoms with Crippen LogP contribution in [0.15, 0.2) is 30.3 Å². The minimum Gasteiger partial charge on any atom is -0.211 e. The average Bonchev–Trinajstić information content (AvgIpc) is 2.54. The summed E-state index contributed by atoms with van der Waals surface area (Å²) in [5.41, 5.74) is 1.79. The highest BCUT2D eigenvalue weighted by Gasteiger charge is 1.97. The summed E-state index contributed by atoms with van der Waals surface area (Å²) in [6, 6.07) is 9.81. The van der Waals surface area contributed by atoms with Gasteiger partial charge >= 0.3 is 0 Å². The zero-order valence-corrected chi connectivity index (χ0v) is 6.73. The smallest absolute Gasteiger partial charge is 0.118 e. The maximum Gasteiger partial charge on any atom is 0.118 e. The number of nitrogens with zero attached hydrogens (tertiary/aromatic N) is 3. The first-order chi connectivity index (χ1) is 5.86. The molecule has 0 bridgehead atoms. The van der Waals surface area contributed by atoms with Crippen molar-refractivity contribution < 1.29 is 0 Å². The van der Waals surface area contributed by atoms with Crippen LogP contribution in [-0.4, -0.2) is 15.0 Å². The Balaban J connectivity index is 2.45. The Morgan fingerprint density at radius 3 is 2.58 bits per heavy atom. The maximum atomic E-state index is 3.90. The average molecular weight is 158 g/mol. The lowest BCUT2D eigenvalue weighted by Crippen LogP contribution is -1.93. The third-order valence-electron chi connectivity index (χ3n) is 1.55. The second-order valence-corrected chi connectivity index (χ2v) is 2.53. The van der Waals surface area contributed by atoms with E-state index < -0.39 is 0 Å². The van der Waals surface area contributed by atoms with Crippen LogP contribution in [0, 0.1) is 13.1 Å². The summed E-state index contributed by atoms with van der Waals surface area (Å²) in [5, 5.41) is 7.75. The number of benzene rings is 1. The van der Waals surface area contributed by atoms with Crippen molar-refractivity contribution in [2.24, 2.45) is 0 Å². The number of para-hydroxylation sites is 1. The Morgan fingerprint density at radius 2 is 2.00 bits per heavy atom. The van der Waals surface area contributed by atoms with Crippen molar-refractivity contribution in [1.82, 2.24) is 15.0 Å². The zero-order valence-electron chi connectivity index (χ0n) is 6.73. The van der Waals surface area contributed by atoms with E-state index in [9.17, 15) is 0 Å². The lowest BCUT2D eigenvalue weighted by atomic mass is 10.3. The second kappa shape index (κ2) is 2.77. The Bertz CT molecular complexity index is 364. The van der Waals surface area contributed by atoms with E-state index in [0.29, 0.717) is 0 Å². The summed E-state index contributed by atoms with van der Waals surface area (Å²) < 4.78 is 1.63. The van der Waals surface area contributed by atoms with E-state index in [2.05, 4.69) is 16.5 Å². The van der Waals surface area contributed by atoms with Gasteiger partial charge in [0.2, 0.25) is 0 Å². The van der Waals surface area contributed by atoms with Gasteiger partial charge < -0.3 is 0 Å². The van der Waals surface area contributed by atoms with Crippen molar-refractivity contribution in [3.05, 3.63) is 42.2 Å². The van der Waals surface area contributed by atoms with Crippen molar-refractivity contribution in [2.45, 2.75) is 6.92 Å². The molecule has 0 aliphatic carbocycles. The second-order valence-electron chi connectivity index (χ2n) is 2.53. The van der Waals surface area contributed by atoms with E-state index in [1.165, 1.54) is 0 Å². The van der Waals surface area contributed by atoms with Gasteiger partial charge in [-0.05, 0) is 19.1 Å². The third kappa shape index (κ3) is 1.21. The number of hydrogen-bond donors (Lipinski definition) is 0. The molecular weight excluding hydrogens is 150 g/mol. The number of aryl methyl sites for hydroxylation is 1. The quantitative estimate of drug-likeness (QED) is 0.627. The fourth-order valence-corrected chi connectivity index (χ4v) is 0.995. The van der Waals surface area contributed by atoms with Gasteiger partial charge in [0.25, 0.3) is 0 Å². The van der Waals surface area contributed by atoms with Gasteiger partial charge in [0.05, 0.1) is 11.4 Å². The molecule has 0 unspecified atom stereocenters. The molecule has 3 nitrogen and oxygen atoms in total. The summed E-state index contributed by atoms with van der Waals surface area (Å²) in [6.07, 6.45) is 2.99. The molecule has 0 amide bonds. The molecule has 1 heterocycles. The third-order valence-corrected chi connectivity index (χ3v) is 1.55. The molecular formula is C9H8N3. The van der Waals surface area contributed by atoms with Gasteiger partial charge in [0, 0.05) is 0 Å². The number of aromatic nitrogens is 3. The minimum atomic E-state index is 0.804. The largest absolute Gasteiger partial charge is 0.211 e. The molecule has 1 aromatic heterocycles. The molecule has 2 aromatic rings. The van der Waals surface area contributed by atoms with E-state index in [0.717, 1.165) is 11.4 Å². The predicted octanol–water partition coefficient (Wildman–Crippen LogP) is 1.38. The van der Waals surface area contributed by atoms with Gasteiger partial charge in [0.15, 0.2) is 0 Å². The molecule has 0 spiro atoms. The van der Waals surface area contributed by atoms with E-state index in [1.54, 1.807) is 4.68 Å². The highest BCUT2D eigenvalue weighted by atomic mass is 15.4.